The maximum atomic E-state index is 10.3. The topological polar surface area (TPSA) is 99.4 Å². The first kappa shape index (κ1) is 21.0. The van der Waals surface area contributed by atoms with Crippen LogP contribution >= 0.6 is 11.6 Å². The molecular weight excluding hydrogens is 384 g/mol. The largest absolute Gasteiger partial charge is 0.494 e. The predicted molar refractivity (Wildman–Crippen MR) is 105 cm³/mol. The fourth-order valence-electron chi connectivity index (χ4n) is 3.37. The highest BCUT2D eigenvalue weighted by Crippen LogP contribution is 2.34. The standard InChI is InChI=1S/C21H25ClO6/c1-2-27-15-6-3-12(4-7-15)9-14-10-13(5-8-16(14)22)21-20(26)19(25)18(24)17(11-23)28-21/h3-8,10,17-21,23-26H,2,9,11H2,1H3/t17-,18+,19?,20?,21+/m1/s1. The highest BCUT2D eigenvalue weighted by molar-refractivity contribution is 6.31. The van der Waals surface area contributed by atoms with Gasteiger partial charge < -0.3 is 29.9 Å². The van der Waals surface area contributed by atoms with Gasteiger partial charge in [0.25, 0.3) is 0 Å². The molecule has 7 heteroatoms. The van der Waals surface area contributed by atoms with E-state index in [4.69, 9.17) is 21.1 Å². The van der Waals surface area contributed by atoms with Crippen molar-refractivity contribution >= 4 is 11.6 Å². The van der Waals surface area contributed by atoms with E-state index < -0.39 is 37.1 Å². The van der Waals surface area contributed by atoms with Crippen molar-refractivity contribution in [1.82, 2.24) is 0 Å². The highest BCUT2D eigenvalue weighted by Gasteiger charge is 2.43. The van der Waals surface area contributed by atoms with Crippen LogP contribution in [0.3, 0.4) is 0 Å². The molecule has 1 fully saturated rings. The van der Waals surface area contributed by atoms with E-state index >= 15 is 0 Å². The minimum atomic E-state index is -1.42. The minimum absolute atomic E-state index is 0.464. The van der Waals surface area contributed by atoms with E-state index in [1.165, 1.54) is 0 Å². The van der Waals surface area contributed by atoms with Crippen LogP contribution in [0.4, 0.5) is 0 Å². The van der Waals surface area contributed by atoms with E-state index in [2.05, 4.69) is 0 Å². The maximum Gasteiger partial charge on any atom is 0.119 e. The van der Waals surface area contributed by atoms with Crippen LogP contribution in [0.25, 0.3) is 0 Å². The summed E-state index contributed by atoms with van der Waals surface area (Å²) in [4.78, 5) is 0. The monoisotopic (exact) mass is 408 g/mol. The number of halogens is 1. The summed E-state index contributed by atoms with van der Waals surface area (Å²) in [5, 5.41) is 40.3. The van der Waals surface area contributed by atoms with E-state index in [9.17, 15) is 20.4 Å². The third-order valence-electron chi connectivity index (χ3n) is 4.92. The minimum Gasteiger partial charge on any atom is -0.494 e. The number of ether oxygens (including phenoxy) is 2. The SMILES string of the molecule is CCOc1ccc(Cc2cc([C@@H]3O[C@H](CO)[C@H](O)C(O)C3O)ccc2Cl)cc1. The van der Waals surface area contributed by atoms with Crippen LogP contribution in [0.5, 0.6) is 5.75 Å². The molecular formula is C21H25ClO6. The second-order valence-electron chi connectivity index (χ2n) is 6.85. The number of hydrogen-bond donors (Lipinski definition) is 4. The summed E-state index contributed by atoms with van der Waals surface area (Å²) in [5.74, 6) is 0.799. The zero-order valence-corrected chi connectivity index (χ0v) is 16.3. The summed E-state index contributed by atoms with van der Waals surface area (Å²) in [6, 6.07) is 12.9. The van der Waals surface area contributed by atoms with Crippen molar-refractivity contribution in [2.24, 2.45) is 0 Å². The van der Waals surface area contributed by atoms with Crippen LogP contribution in [-0.2, 0) is 11.2 Å². The zero-order chi connectivity index (χ0) is 20.3. The fraction of sp³-hybridized carbons (Fsp3) is 0.429. The first-order valence-electron chi connectivity index (χ1n) is 9.25. The molecule has 0 radical (unpaired) electrons. The number of hydrogen-bond acceptors (Lipinski definition) is 6. The maximum absolute atomic E-state index is 10.3. The molecule has 2 aromatic rings. The van der Waals surface area contributed by atoms with Gasteiger partial charge in [-0.1, -0.05) is 35.9 Å². The van der Waals surface area contributed by atoms with E-state index in [1.54, 1.807) is 12.1 Å². The van der Waals surface area contributed by atoms with E-state index in [-0.39, 0.29) is 0 Å². The first-order chi connectivity index (χ1) is 13.4. The van der Waals surface area contributed by atoms with E-state index in [0.29, 0.717) is 23.6 Å². The Bertz CT molecular complexity index is 779. The van der Waals surface area contributed by atoms with E-state index in [1.807, 2.05) is 37.3 Å². The molecule has 0 aliphatic carbocycles. The number of benzene rings is 2. The molecule has 3 rings (SSSR count). The third-order valence-corrected chi connectivity index (χ3v) is 5.29. The van der Waals surface area contributed by atoms with Crippen LogP contribution < -0.4 is 4.74 Å². The lowest BCUT2D eigenvalue weighted by Gasteiger charge is -2.40. The Balaban J connectivity index is 1.82. The highest BCUT2D eigenvalue weighted by atomic mass is 35.5. The third kappa shape index (κ3) is 4.49. The van der Waals surface area contributed by atoms with Gasteiger partial charge in [-0.15, -0.1) is 0 Å². The van der Waals surface area contributed by atoms with Crippen molar-refractivity contribution in [3.63, 3.8) is 0 Å². The van der Waals surface area contributed by atoms with Crippen molar-refractivity contribution in [3.8, 4) is 5.75 Å². The molecule has 152 valence electrons. The predicted octanol–water partition coefficient (Wildman–Crippen LogP) is 1.84. The van der Waals surface area contributed by atoms with Crippen molar-refractivity contribution in [3.05, 3.63) is 64.2 Å². The molecule has 5 atom stereocenters. The van der Waals surface area contributed by atoms with Gasteiger partial charge in [-0.25, -0.2) is 0 Å². The van der Waals surface area contributed by atoms with Crippen LogP contribution in [0.2, 0.25) is 5.02 Å². The molecule has 1 saturated heterocycles. The smallest absolute Gasteiger partial charge is 0.119 e. The number of aliphatic hydroxyl groups is 4. The van der Waals surface area contributed by atoms with Crippen LogP contribution in [0.1, 0.15) is 29.7 Å². The summed E-state index contributed by atoms with van der Waals surface area (Å²) in [6.07, 6.45) is -5.39. The Morgan fingerprint density at radius 1 is 1.00 bits per heavy atom. The van der Waals surface area contributed by atoms with Gasteiger partial charge in [0.1, 0.15) is 36.3 Å². The second-order valence-corrected chi connectivity index (χ2v) is 7.26. The Morgan fingerprint density at radius 3 is 2.36 bits per heavy atom. The molecule has 4 N–H and O–H groups in total. The summed E-state index contributed by atoms with van der Waals surface area (Å²) < 4.78 is 11.1. The lowest BCUT2D eigenvalue weighted by Crippen LogP contribution is -2.55. The summed E-state index contributed by atoms with van der Waals surface area (Å²) in [6.45, 7) is 2.07. The Hall–Kier alpha value is -1.67. The van der Waals surface area contributed by atoms with Gasteiger partial charge >= 0.3 is 0 Å². The molecule has 2 aromatic carbocycles. The molecule has 2 unspecified atom stereocenters. The van der Waals surface area contributed by atoms with Crippen LogP contribution in [0, 0.1) is 0 Å². The summed E-state index contributed by atoms with van der Waals surface area (Å²) in [5.41, 5.74) is 2.49. The average molecular weight is 409 g/mol. The number of rotatable bonds is 6. The Kier molecular flexibility index (Phi) is 6.93. The average Bonchev–Trinajstić information content (AvgIpc) is 2.70. The van der Waals surface area contributed by atoms with Gasteiger partial charge in [-0.2, -0.15) is 0 Å². The lowest BCUT2D eigenvalue weighted by molar-refractivity contribution is -0.231. The van der Waals surface area contributed by atoms with Gasteiger partial charge in [0.2, 0.25) is 0 Å². The van der Waals surface area contributed by atoms with Crippen molar-refractivity contribution < 1.29 is 29.9 Å². The fourth-order valence-corrected chi connectivity index (χ4v) is 3.56. The first-order valence-corrected chi connectivity index (χ1v) is 9.63. The second kappa shape index (κ2) is 9.22. The van der Waals surface area contributed by atoms with Gasteiger partial charge in [0, 0.05) is 5.02 Å². The molecule has 0 saturated carbocycles. The molecule has 1 aliphatic heterocycles. The molecule has 0 bridgehead atoms. The molecule has 0 spiro atoms. The molecule has 28 heavy (non-hydrogen) atoms. The molecule has 6 nitrogen and oxygen atoms in total. The molecule has 1 aliphatic rings. The van der Waals surface area contributed by atoms with Crippen molar-refractivity contribution in [2.45, 2.75) is 43.9 Å². The van der Waals surface area contributed by atoms with Crippen molar-refractivity contribution in [1.29, 1.82) is 0 Å². The van der Waals surface area contributed by atoms with Crippen LogP contribution in [0.15, 0.2) is 42.5 Å². The Morgan fingerprint density at radius 2 is 1.71 bits per heavy atom. The van der Waals surface area contributed by atoms with Gasteiger partial charge in [-0.3, -0.25) is 0 Å². The Labute approximate surface area is 168 Å². The van der Waals surface area contributed by atoms with Gasteiger partial charge in [0.15, 0.2) is 0 Å². The molecule has 0 amide bonds. The summed E-state index contributed by atoms with van der Waals surface area (Å²) >= 11 is 6.35. The van der Waals surface area contributed by atoms with E-state index in [0.717, 1.165) is 16.9 Å². The molecule has 1 heterocycles. The zero-order valence-electron chi connectivity index (χ0n) is 15.5. The van der Waals surface area contributed by atoms with Crippen LogP contribution in [-0.4, -0.2) is 58.1 Å². The lowest BCUT2D eigenvalue weighted by atomic mass is 9.90. The summed E-state index contributed by atoms with van der Waals surface area (Å²) in [7, 11) is 0. The number of aliphatic hydroxyl groups excluding tert-OH is 4. The van der Waals surface area contributed by atoms with Crippen molar-refractivity contribution in [2.75, 3.05) is 13.2 Å². The normalized spacial score (nSPS) is 27.6. The van der Waals surface area contributed by atoms with Gasteiger partial charge in [0.05, 0.1) is 13.2 Å². The molecule has 0 aromatic heterocycles. The van der Waals surface area contributed by atoms with Gasteiger partial charge in [-0.05, 0) is 48.2 Å². The quantitative estimate of drug-likeness (QED) is 0.582.